The van der Waals surface area contributed by atoms with Crippen LogP contribution in [0.15, 0.2) is 54.6 Å². The third kappa shape index (κ3) is 6.02. The molecule has 33 heavy (non-hydrogen) atoms. The van der Waals surface area contributed by atoms with Crippen molar-refractivity contribution in [1.29, 1.82) is 0 Å². The van der Waals surface area contributed by atoms with Gasteiger partial charge in [-0.25, -0.2) is 4.68 Å². The molecule has 7 heteroatoms. The lowest BCUT2D eigenvalue weighted by Gasteiger charge is -2.26. The Morgan fingerprint density at radius 1 is 1.09 bits per heavy atom. The Balaban J connectivity index is 1.87. The fourth-order valence-electron chi connectivity index (χ4n) is 3.33. The fourth-order valence-corrected chi connectivity index (χ4v) is 3.52. The maximum atomic E-state index is 13.1. The van der Waals surface area contributed by atoms with Gasteiger partial charge in [0.2, 0.25) is 5.91 Å². The van der Waals surface area contributed by atoms with Gasteiger partial charge in [-0.15, -0.1) is 0 Å². The van der Waals surface area contributed by atoms with E-state index in [4.69, 9.17) is 16.7 Å². The van der Waals surface area contributed by atoms with E-state index in [2.05, 4.69) is 26.1 Å². The van der Waals surface area contributed by atoms with Crippen LogP contribution in [0.2, 0.25) is 5.02 Å². The van der Waals surface area contributed by atoms with Crippen LogP contribution >= 0.6 is 11.6 Å². The largest absolute Gasteiger partial charge is 0.327 e. The highest BCUT2D eigenvalue weighted by molar-refractivity contribution is 6.31. The van der Waals surface area contributed by atoms with Crippen LogP contribution in [0.1, 0.15) is 56.2 Å². The van der Waals surface area contributed by atoms with Crippen molar-refractivity contribution in [3.05, 3.63) is 76.4 Å². The summed E-state index contributed by atoms with van der Waals surface area (Å²) in [5.74, 6) is 0.0190. The summed E-state index contributed by atoms with van der Waals surface area (Å²) in [5.41, 5.74) is 3.10. The van der Waals surface area contributed by atoms with Gasteiger partial charge in [-0.2, -0.15) is 5.10 Å². The number of hydrogen-bond donors (Lipinski definition) is 1. The van der Waals surface area contributed by atoms with Crippen molar-refractivity contribution in [2.45, 2.75) is 53.0 Å². The number of rotatable bonds is 6. The molecule has 0 aliphatic heterocycles. The zero-order chi connectivity index (χ0) is 24.3. The summed E-state index contributed by atoms with van der Waals surface area (Å²) in [6.07, 6.45) is 0. The zero-order valence-electron chi connectivity index (χ0n) is 20.0. The molecule has 174 valence electrons. The van der Waals surface area contributed by atoms with Crippen molar-refractivity contribution in [2.75, 3.05) is 11.9 Å². The Morgan fingerprint density at radius 2 is 1.76 bits per heavy atom. The molecule has 1 heterocycles. The average molecular weight is 467 g/mol. The quantitative estimate of drug-likeness (QED) is 0.512. The molecular formula is C26H31ClN4O2. The van der Waals surface area contributed by atoms with E-state index in [1.165, 1.54) is 4.90 Å². The smallest absolute Gasteiger partial charge is 0.254 e. The Morgan fingerprint density at radius 3 is 2.33 bits per heavy atom. The van der Waals surface area contributed by atoms with Crippen molar-refractivity contribution in [2.24, 2.45) is 0 Å². The van der Waals surface area contributed by atoms with Crippen LogP contribution in [-0.4, -0.2) is 39.1 Å². The molecule has 6 nitrogen and oxygen atoms in total. The summed E-state index contributed by atoms with van der Waals surface area (Å²) in [4.78, 5) is 27.6. The molecule has 3 rings (SSSR count). The van der Waals surface area contributed by atoms with Crippen molar-refractivity contribution in [3.8, 4) is 5.69 Å². The Kier molecular flexibility index (Phi) is 7.28. The van der Waals surface area contributed by atoms with E-state index < -0.39 is 0 Å². The summed E-state index contributed by atoms with van der Waals surface area (Å²) in [6, 6.07) is 16.4. The van der Waals surface area contributed by atoms with Crippen molar-refractivity contribution in [1.82, 2.24) is 14.7 Å². The lowest BCUT2D eigenvalue weighted by Crippen LogP contribution is -2.42. The Labute approximate surface area is 200 Å². The van der Waals surface area contributed by atoms with E-state index in [9.17, 15) is 9.59 Å². The SMILES string of the molecule is Cc1ccc(-n2nc(C(C)(C)C)cc2NC(=O)CN(C(=O)c2cccc(Cl)c2)C(C)C)cc1. The van der Waals surface area contributed by atoms with Gasteiger partial charge in [-0.05, 0) is 51.1 Å². The minimum Gasteiger partial charge on any atom is -0.327 e. The molecule has 0 saturated heterocycles. The molecule has 0 aliphatic rings. The van der Waals surface area contributed by atoms with Crippen LogP contribution in [0.3, 0.4) is 0 Å². The van der Waals surface area contributed by atoms with Gasteiger partial charge in [-0.3, -0.25) is 9.59 Å². The second kappa shape index (κ2) is 9.79. The van der Waals surface area contributed by atoms with Gasteiger partial charge < -0.3 is 10.2 Å². The predicted molar refractivity (Wildman–Crippen MR) is 133 cm³/mol. The maximum Gasteiger partial charge on any atom is 0.254 e. The molecule has 0 atom stereocenters. The molecule has 0 saturated carbocycles. The normalized spacial score (nSPS) is 11.5. The Hall–Kier alpha value is -3.12. The molecule has 0 spiro atoms. The first kappa shape index (κ1) is 24.5. The summed E-state index contributed by atoms with van der Waals surface area (Å²) >= 11 is 6.05. The number of amides is 2. The molecule has 2 aromatic carbocycles. The predicted octanol–water partition coefficient (Wildman–Crippen LogP) is 5.62. The second-order valence-corrected chi connectivity index (χ2v) is 9.93. The molecule has 0 unspecified atom stereocenters. The molecule has 1 aromatic heterocycles. The number of nitrogens with one attached hydrogen (secondary N) is 1. The van der Waals surface area contributed by atoms with E-state index in [-0.39, 0.29) is 29.8 Å². The maximum absolute atomic E-state index is 13.1. The number of aryl methyl sites for hydroxylation is 1. The number of anilines is 1. The number of hydrogen-bond acceptors (Lipinski definition) is 3. The molecule has 0 radical (unpaired) electrons. The average Bonchev–Trinajstić information content (AvgIpc) is 3.16. The van der Waals surface area contributed by atoms with E-state index >= 15 is 0 Å². The molecule has 0 aliphatic carbocycles. The molecular weight excluding hydrogens is 436 g/mol. The fraction of sp³-hybridized carbons (Fsp3) is 0.346. The molecule has 3 aromatic rings. The second-order valence-electron chi connectivity index (χ2n) is 9.50. The van der Waals surface area contributed by atoms with Crippen LogP contribution in [0.5, 0.6) is 0 Å². The van der Waals surface area contributed by atoms with Gasteiger partial charge in [-0.1, -0.05) is 56.1 Å². The number of aromatic nitrogens is 2. The van der Waals surface area contributed by atoms with Gasteiger partial charge in [0.15, 0.2) is 0 Å². The Bertz CT molecular complexity index is 1140. The number of nitrogens with zero attached hydrogens (tertiary/aromatic N) is 3. The van der Waals surface area contributed by atoms with E-state index in [1.54, 1.807) is 28.9 Å². The topological polar surface area (TPSA) is 67.2 Å². The summed E-state index contributed by atoms with van der Waals surface area (Å²) < 4.78 is 1.73. The minimum absolute atomic E-state index is 0.0903. The summed E-state index contributed by atoms with van der Waals surface area (Å²) in [7, 11) is 0. The molecule has 0 bridgehead atoms. The van der Waals surface area contributed by atoms with E-state index in [0.717, 1.165) is 16.9 Å². The minimum atomic E-state index is -0.298. The third-order valence-corrected chi connectivity index (χ3v) is 5.53. The van der Waals surface area contributed by atoms with Crippen LogP contribution in [0, 0.1) is 6.92 Å². The molecule has 2 amide bonds. The van der Waals surface area contributed by atoms with Crippen LogP contribution < -0.4 is 5.32 Å². The first-order valence-corrected chi connectivity index (χ1v) is 11.4. The monoisotopic (exact) mass is 466 g/mol. The zero-order valence-corrected chi connectivity index (χ0v) is 20.8. The van der Waals surface area contributed by atoms with Crippen molar-refractivity contribution < 1.29 is 9.59 Å². The van der Waals surface area contributed by atoms with E-state index in [1.807, 2.05) is 51.1 Å². The van der Waals surface area contributed by atoms with Gasteiger partial charge in [0.05, 0.1) is 11.4 Å². The van der Waals surface area contributed by atoms with Gasteiger partial charge in [0.25, 0.3) is 5.91 Å². The summed E-state index contributed by atoms with van der Waals surface area (Å²) in [5, 5.41) is 8.19. The van der Waals surface area contributed by atoms with Crippen molar-refractivity contribution >= 4 is 29.2 Å². The number of benzene rings is 2. The number of carbonyl (C=O) groups is 2. The van der Waals surface area contributed by atoms with Gasteiger partial charge >= 0.3 is 0 Å². The standard InChI is InChI=1S/C26H31ClN4O2/c1-17(2)30(25(33)19-8-7-9-20(27)14-19)16-24(32)28-23-15-22(26(4,5)6)29-31(23)21-12-10-18(3)11-13-21/h7-15,17H,16H2,1-6H3,(H,28,32). The third-order valence-electron chi connectivity index (χ3n) is 5.29. The first-order valence-electron chi connectivity index (χ1n) is 11.0. The lowest BCUT2D eigenvalue weighted by atomic mass is 9.92. The van der Waals surface area contributed by atoms with Crippen LogP contribution in [-0.2, 0) is 10.2 Å². The van der Waals surface area contributed by atoms with E-state index in [0.29, 0.717) is 16.4 Å². The number of halogens is 1. The highest BCUT2D eigenvalue weighted by Crippen LogP contribution is 2.26. The molecule has 1 N–H and O–H groups in total. The van der Waals surface area contributed by atoms with Crippen LogP contribution in [0.25, 0.3) is 5.69 Å². The highest BCUT2D eigenvalue weighted by atomic mass is 35.5. The lowest BCUT2D eigenvalue weighted by molar-refractivity contribution is -0.117. The highest BCUT2D eigenvalue weighted by Gasteiger charge is 2.25. The summed E-state index contributed by atoms with van der Waals surface area (Å²) in [6.45, 7) is 11.9. The van der Waals surface area contributed by atoms with Gasteiger partial charge in [0.1, 0.15) is 12.4 Å². The first-order chi connectivity index (χ1) is 15.5. The molecule has 0 fully saturated rings. The van der Waals surface area contributed by atoms with Gasteiger partial charge in [0, 0.05) is 28.1 Å². The number of carbonyl (C=O) groups excluding carboxylic acids is 2. The van der Waals surface area contributed by atoms with Crippen molar-refractivity contribution in [3.63, 3.8) is 0 Å². The van der Waals surface area contributed by atoms with Crippen LogP contribution in [0.4, 0.5) is 5.82 Å².